The molecule has 0 unspecified atom stereocenters. The van der Waals surface area contributed by atoms with Gasteiger partial charge in [-0.25, -0.2) is 9.37 Å². The van der Waals surface area contributed by atoms with Gasteiger partial charge in [0, 0.05) is 0 Å². The van der Waals surface area contributed by atoms with Crippen LogP contribution in [0.2, 0.25) is 0 Å². The molecule has 0 fully saturated rings. The zero-order chi connectivity index (χ0) is 12.5. The van der Waals surface area contributed by atoms with Gasteiger partial charge in [-0.1, -0.05) is 5.16 Å². The van der Waals surface area contributed by atoms with Crippen LogP contribution in [0.1, 0.15) is 0 Å². The van der Waals surface area contributed by atoms with E-state index in [4.69, 9.17) is 4.52 Å². The molecule has 0 saturated carbocycles. The third-order valence-corrected chi connectivity index (χ3v) is 3.11. The van der Waals surface area contributed by atoms with E-state index in [-0.39, 0.29) is 17.5 Å². The number of pyridine rings is 1. The number of hydrogen-bond donors (Lipinski definition) is 1. The lowest BCUT2D eigenvalue weighted by Crippen LogP contribution is -1.86. The third kappa shape index (κ3) is 1.84. The maximum Gasteiger partial charge on any atom is 0.272 e. The fourth-order valence-electron chi connectivity index (χ4n) is 1.39. The standard InChI is InChI=1S/C11H6FN3O2S/c12-6-1-2-7(13-5-6)10-14-11(17-15-10)9-8(16)3-4-18-9/h1-5,16H. The van der Waals surface area contributed by atoms with Crippen LogP contribution in [-0.4, -0.2) is 20.2 Å². The normalized spacial score (nSPS) is 10.7. The molecular formula is C11H6FN3O2S. The van der Waals surface area contributed by atoms with Crippen molar-refractivity contribution in [2.24, 2.45) is 0 Å². The van der Waals surface area contributed by atoms with Crippen molar-refractivity contribution in [3.05, 3.63) is 35.6 Å². The Hall–Kier alpha value is -2.28. The molecule has 0 atom stereocenters. The molecule has 0 aliphatic rings. The summed E-state index contributed by atoms with van der Waals surface area (Å²) in [4.78, 5) is 8.44. The zero-order valence-electron chi connectivity index (χ0n) is 8.87. The van der Waals surface area contributed by atoms with E-state index in [1.807, 2.05) is 0 Å². The first kappa shape index (κ1) is 10.8. The molecule has 3 heterocycles. The van der Waals surface area contributed by atoms with Gasteiger partial charge in [-0.05, 0) is 23.6 Å². The van der Waals surface area contributed by atoms with Gasteiger partial charge in [-0.3, -0.25) is 0 Å². The van der Waals surface area contributed by atoms with Gasteiger partial charge in [0.15, 0.2) is 0 Å². The average Bonchev–Trinajstić information content (AvgIpc) is 2.98. The van der Waals surface area contributed by atoms with Gasteiger partial charge in [0.25, 0.3) is 5.89 Å². The molecule has 0 aromatic carbocycles. The Labute approximate surface area is 105 Å². The summed E-state index contributed by atoms with van der Waals surface area (Å²) >= 11 is 1.29. The number of halogens is 1. The van der Waals surface area contributed by atoms with E-state index in [9.17, 15) is 9.50 Å². The number of thiophene rings is 1. The first-order chi connectivity index (χ1) is 8.74. The Morgan fingerprint density at radius 3 is 2.83 bits per heavy atom. The van der Waals surface area contributed by atoms with Gasteiger partial charge in [0.2, 0.25) is 5.82 Å². The van der Waals surface area contributed by atoms with E-state index in [0.717, 1.165) is 6.20 Å². The number of aromatic nitrogens is 3. The Bertz CT molecular complexity index is 678. The van der Waals surface area contributed by atoms with E-state index < -0.39 is 5.82 Å². The number of rotatable bonds is 2. The molecule has 0 aliphatic heterocycles. The molecule has 3 aromatic rings. The minimum absolute atomic E-state index is 0.0854. The third-order valence-electron chi connectivity index (χ3n) is 2.22. The number of aromatic hydroxyl groups is 1. The van der Waals surface area contributed by atoms with E-state index in [1.54, 1.807) is 11.4 Å². The summed E-state index contributed by atoms with van der Waals surface area (Å²) in [6.07, 6.45) is 1.08. The molecule has 90 valence electrons. The zero-order valence-corrected chi connectivity index (χ0v) is 9.69. The Kier molecular flexibility index (Phi) is 2.52. The highest BCUT2D eigenvalue weighted by atomic mass is 32.1. The fourth-order valence-corrected chi connectivity index (χ4v) is 2.10. The lowest BCUT2D eigenvalue weighted by Gasteiger charge is -1.91. The molecule has 18 heavy (non-hydrogen) atoms. The molecule has 0 spiro atoms. The second kappa shape index (κ2) is 4.19. The van der Waals surface area contributed by atoms with Crippen molar-refractivity contribution in [1.82, 2.24) is 15.1 Å². The van der Waals surface area contributed by atoms with Gasteiger partial charge in [-0.15, -0.1) is 11.3 Å². The van der Waals surface area contributed by atoms with Crippen LogP contribution in [-0.2, 0) is 0 Å². The lowest BCUT2D eigenvalue weighted by atomic mass is 10.3. The molecule has 0 bridgehead atoms. The molecule has 1 N–H and O–H groups in total. The molecule has 7 heteroatoms. The summed E-state index contributed by atoms with van der Waals surface area (Å²) in [6, 6.07) is 4.26. The van der Waals surface area contributed by atoms with Crippen molar-refractivity contribution in [3.8, 4) is 28.0 Å². The predicted octanol–water partition coefficient (Wildman–Crippen LogP) is 2.70. The van der Waals surface area contributed by atoms with Crippen molar-refractivity contribution in [2.75, 3.05) is 0 Å². The predicted molar refractivity (Wildman–Crippen MR) is 62.5 cm³/mol. The molecule has 5 nitrogen and oxygen atoms in total. The second-order valence-electron chi connectivity index (χ2n) is 3.42. The van der Waals surface area contributed by atoms with Crippen LogP contribution < -0.4 is 0 Å². The fraction of sp³-hybridized carbons (Fsp3) is 0. The average molecular weight is 263 g/mol. The topological polar surface area (TPSA) is 72.0 Å². The number of nitrogens with zero attached hydrogens (tertiary/aromatic N) is 3. The SMILES string of the molecule is Oc1ccsc1-c1nc(-c2ccc(F)cn2)no1. The van der Waals surface area contributed by atoms with Crippen molar-refractivity contribution in [1.29, 1.82) is 0 Å². The summed E-state index contributed by atoms with van der Waals surface area (Å²) in [5, 5.41) is 15.0. The summed E-state index contributed by atoms with van der Waals surface area (Å²) in [5.41, 5.74) is 0.405. The van der Waals surface area contributed by atoms with Crippen LogP contribution in [0.15, 0.2) is 34.3 Å². The molecule has 0 saturated heterocycles. The molecule has 3 rings (SSSR count). The van der Waals surface area contributed by atoms with Gasteiger partial charge in [-0.2, -0.15) is 4.98 Å². The minimum atomic E-state index is -0.432. The van der Waals surface area contributed by atoms with Crippen molar-refractivity contribution >= 4 is 11.3 Å². The van der Waals surface area contributed by atoms with Gasteiger partial charge in [0.05, 0.1) is 6.20 Å². The van der Waals surface area contributed by atoms with E-state index in [1.165, 1.54) is 23.5 Å². The Morgan fingerprint density at radius 1 is 1.28 bits per heavy atom. The van der Waals surface area contributed by atoms with Gasteiger partial charge < -0.3 is 9.63 Å². The van der Waals surface area contributed by atoms with Gasteiger partial charge >= 0.3 is 0 Å². The van der Waals surface area contributed by atoms with Crippen LogP contribution >= 0.6 is 11.3 Å². The van der Waals surface area contributed by atoms with Crippen LogP contribution in [0.3, 0.4) is 0 Å². The first-order valence-corrected chi connectivity index (χ1v) is 5.84. The highest BCUT2D eigenvalue weighted by molar-refractivity contribution is 7.13. The van der Waals surface area contributed by atoms with E-state index in [0.29, 0.717) is 10.6 Å². The molecule has 3 aromatic heterocycles. The van der Waals surface area contributed by atoms with Crippen LogP contribution in [0.4, 0.5) is 4.39 Å². The van der Waals surface area contributed by atoms with Crippen LogP contribution in [0.25, 0.3) is 22.3 Å². The molecule has 0 amide bonds. The monoisotopic (exact) mass is 263 g/mol. The summed E-state index contributed by atoms with van der Waals surface area (Å²) < 4.78 is 17.8. The first-order valence-electron chi connectivity index (χ1n) is 4.96. The van der Waals surface area contributed by atoms with Crippen molar-refractivity contribution in [2.45, 2.75) is 0 Å². The smallest absolute Gasteiger partial charge is 0.272 e. The molecule has 0 aliphatic carbocycles. The largest absolute Gasteiger partial charge is 0.506 e. The molecular weight excluding hydrogens is 257 g/mol. The summed E-state index contributed by atoms with van der Waals surface area (Å²) in [5.74, 6) is 0.113. The minimum Gasteiger partial charge on any atom is -0.506 e. The lowest BCUT2D eigenvalue weighted by molar-refractivity contribution is 0.427. The van der Waals surface area contributed by atoms with Gasteiger partial charge in [0.1, 0.15) is 22.1 Å². The maximum absolute atomic E-state index is 12.7. The Balaban J connectivity index is 1.99. The van der Waals surface area contributed by atoms with E-state index >= 15 is 0 Å². The quantitative estimate of drug-likeness (QED) is 0.769. The summed E-state index contributed by atoms with van der Waals surface area (Å²) in [6.45, 7) is 0. The summed E-state index contributed by atoms with van der Waals surface area (Å²) in [7, 11) is 0. The highest BCUT2D eigenvalue weighted by Gasteiger charge is 2.15. The second-order valence-corrected chi connectivity index (χ2v) is 4.34. The van der Waals surface area contributed by atoms with Crippen LogP contribution in [0.5, 0.6) is 5.75 Å². The Morgan fingerprint density at radius 2 is 2.17 bits per heavy atom. The number of hydrogen-bond acceptors (Lipinski definition) is 6. The van der Waals surface area contributed by atoms with Crippen molar-refractivity contribution in [3.63, 3.8) is 0 Å². The molecule has 0 radical (unpaired) electrons. The van der Waals surface area contributed by atoms with Crippen molar-refractivity contribution < 1.29 is 14.0 Å². The van der Waals surface area contributed by atoms with Crippen LogP contribution in [0, 0.1) is 5.82 Å². The highest BCUT2D eigenvalue weighted by Crippen LogP contribution is 2.33. The maximum atomic E-state index is 12.7. The van der Waals surface area contributed by atoms with E-state index in [2.05, 4.69) is 15.1 Å².